The van der Waals surface area contributed by atoms with Crippen LogP contribution in [0.4, 0.5) is 0 Å². The van der Waals surface area contributed by atoms with Crippen LogP contribution in [0.25, 0.3) is 11.8 Å². The van der Waals surface area contributed by atoms with E-state index in [1.807, 2.05) is 103 Å². The minimum absolute atomic E-state index is 0.197. The first-order valence-electron chi connectivity index (χ1n) is 14.6. The van der Waals surface area contributed by atoms with Gasteiger partial charge in [-0.05, 0) is 106 Å². The smallest absolute Gasteiger partial charge is 0.338 e. The zero-order chi connectivity index (χ0) is 33.1. The van der Waals surface area contributed by atoms with Gasteiger partial charge in [-0.2, -0.15) is 0 Å². The Bertz CT molecular complexity index is 2160. The first kappa shape index (κ1) is 34.0. The van der Waals surface area contributed by atoms with Crippen LogP contribution >= 0.6 is 79.9 Å². The second-order valence-electron chi connectivity index (χ2n) is 10.4. The lowest BCUT2D eigenvalue weighted by Crippen LogP contribution is -2.40. The lowest BCUT2D eigenvalue weighted by Gasteiger charge is -2.26. The zero-order valence-corrected chi connectivity index (χ0v) is 31.9. The van der Waals surface area contributed by atoms with Crippen molar-refractivity contribution in [3.05, 3.63) is 151 Å². The van der Waals surface area contributed by atoms with Crippen molar-refractivity contribution in [3.8, 4) is 5.75 Å². The Labute approximate surface area is 312 Å². The molecule has 0 amide bonds. The van der Waals surface area contributed by atoms with E-state index in [0.717, 1.165) is 40.0 Å². The summed E-state index contributed by atoms with van der Waals surface area (Å²) in [4.78, 5) is 34.5. The lowest BCUT2D eigenvalue weighted by atomic mass is 9.93. The summed E-state index contributed by atoms with van der Waals surface area (Å²) in [7, 11) is 0. The predicted octanol–water partition coefficient (Wildman–Crippen LogP) is 8.10. The van der Waals surface area contributed by atoms with Gasteiger partial charge < -0.3 is 9.47 Å². The van der Waals surface area contributed by atoms with E-state index in [-0.39, 0.29) is 12.2 Å². The molecule has 1 aliphatic rings. The number of benzene rings is 4. The van der Waals surface area contributed by atoms with Crippen molar-refractivity contribution in [1.29, 1.82) is 0 Å². The van der Waals surface area contributed by atoms with Crippen LogP contribution in [0.15, 0.2) is 111 Å². The topological polar surface area (TPSA) is 69.9 Å². The van der Waals surface area contributed by atoms with Crippen molar-refractivity contribution >= 4 is 97.6 Å². The quantitative estimate of drug-likeness (QED) is 0.0851. The van der Waals surface area contributed by atoms with Gasteiger partial charge in [0.25, 0.3) is 5.56 Å². The molecule has 11 heteroatoms. The van der Waals surface area contributed by atoms with Crippen LogP contribution in [0.2, 0.25) is 5.02 Å². The van der Waals surface area contributed by atoms with E-state index >= 15 is 0 Å². The molecular weight excluding hydrogens is 878 g/mol. The molecule has 2 heterocycles. The van der Waals surface area contributed by atoms with E-state index in [2.05, 4.69) is 45.2 Å². The summed E-state index contributed by atoms with van der Waals surface area (Å²) < 4.78 is 15.7. The summed E-state index contributed by atoms with van der Waals surface area (Å²) in [6.07, 6.45) is 3.88. The third kappa shape index (κ3) is 7.26. The number of thioether (sulfide) groups is 1. The van der Waals surface area contributed by atoms with Gasteiger partial charge in [0.2, 0.25) is 0 Å². The number of esters is 1. The van der Waals surface area contributed by atoms with Gasteiger partial charge in [0.1, 0.15) is 12.4 Å². The van der Waals surface area contributed by atoms with Crippen LogP contribution in [-0.4, -0.2) is 23.4 Å². The first-order chi connectivity index (χ1) is 22.8. The predicted molar refractivity (Wildman–Crippen MR) is 207 cm³/mol. The van der Waals surface area contributed by atoms with E-state index in [1.54, 1.807) is 23.3 Å². The highest BCUT2D eigenvalue weighted by molar-refractivity contribution is 14.1. The second-order valence-corrected chi connectivity index (χ2v) is 15.0. The summed E-state index contributed by atoms with van der Waals surface area (Å²) in [5.41, 5.74) is 3.92. The number of nitrogens with zero attached hydrogens (tertiary/aromatic N) is 2. The lowest BCUT2D eigenvalue weighted by molar-refractivity contribution is -0.138. The molecule has 0 aliphatic carbocycles. The minimum Gasteiger partial charge on any atom is -0.487 e. The Kier molecular flexibility index (Phi) is 10.9. The third-order valence-corrected chi connectivity index (χ3v) is 11.2. The highest BCUT2D eigenvalue weighted by atomic mass is 127. The number of hydrogen-bond acceptors (Lipinski definition) is 7. The van der Waals surface area contributed by atoms with Crippen LogP contribution in [-0.2, 0) is 16.1 Å². The molecule has 1 atom stereocenters. The number of hydrogen-bond donors (Lipinski definition) is 0. The van der Waals surface area contributed by atoms with Gasteiger partial charge in [0.15, 0.2) is 4.80 Å². The molecule has 0 spiro atoms. The molecule has 6 nitrogen and oxygen atoms in total. The van der Waals surface area contributed by atoms with Crippen LogP contribution in [0, 0.1) is 7.14 Å². The fraction of sp³-hybridized carbons (Fsp3) is 0.139. The van der Waals surface area contributed by atoms with Crippen LogP contribution < -0.4 is 19.6 Å². The maximum absolute atomic E-state index is 14.3. The van der Waals surface area contributed by atoms with E-state index in [1.165, 1.54) is 11.3 Å². The van der Waals surface area contributed by atoms with Crippen LogP contribution in [0.3, 0.4) is 0 Å². The number of fused-ring (bicyclic) bond motifs is 1. The Hall–Kier alpha value is -2.91. The molecule has 1 aromatic heterocycles. The molecule has 0 unspecified atom stereocenters. The van der Waals surface area contributed by atoms with Gasteiger partial charge in [-0.15, -0.1) is 11.8 Å². The molecule has 238 valence electrons. The number of carbonyl (C=O) groups is 1. The SMILES string of the molecule is CCOC(=O)C1=C(c2ccccc2)N=c2s/c(=C\c3cc(I)c(OCc4ccccc4Cl)c(I)c3)c(=O)n2[C@@H]1c1ccc(SC)cc1. The Morgan fingerprint density at radius 1 is 1.02 bits per heavy atom. The van der Waals surface area contributed by atoms with E-state index < -0.39 is 12.0 Å². The molecule has 6 rings (SSSR count). The molecule has 0 N–H and O–H groups in total. The first-order valence-corrected chi connectivity index (χ1v) is 19.1. The molecule has 5 aromatic rings. The van der Waals surface area contributed by atoms with Gasteiger partial charge in [0, 0.05) is 21.0 Å². The molecular formula is C36H27ClI2N2O4S2. The van der Waals surface area contributed by atoms with Gasteiger partial charge >= 0.3 is 5.97 Å². The number of halogens is 3. The second kappa shape index (κ2) is 15.1. The number of aromatic nitrogens is 1. The third-order valence-electron chi connectivity index (χ3n) is 7.45. The van der Waals surface area contributed by atoms with E-state index in [9.17, 15) is 9.59 Å². The summed E-state index contributed by atoms with van der Waals surface area (Å²) in [6, 6.07) is 28.4. The number of ether oxygens (including phenoxy) is 2. The number of thiazole rings is 1. The van der Waals surface area contributed by atoms with Crippen molar-refractivity contribution in [1.82, 2.24) is 4.57 Å². The summed E-state index contributed by atoms with van der Waals surface area (Å²) in [6.45, 7) is 2.31. The summed E-state index contributed by atoms with van der Waals surface area (Å²) in [5, 5.41) is 0.657. The average Bonchev–Trinajstić information content (AvgIpc) is 3.38. The largest absolute Gasteiger partial charge is 0.487 e. The Morgan fingerprint density at radius 3 is 2.36 bits per heavy atom. The molecule has 0 saturated heterocycles. The monoisotopic (exact) mass is 904 g/mol. The molecule has 4 aromatic carbocycles. The van der Waals surface area contributed by atoms with Crippen LogP contribution in [0.5, 0.6) is 5.75 Å². The molecule has 1 aliphatic heterocycles. The van der Waals surface area contributed by atoms with Crippen molar-refractivity contribution < 1.29 is 14.3 Å². The fourth-order valence-corrected chi connectivity index (χ4v) is 8.99. The number of rotatable bonds is 9. The van der Waals surface area contributed by atoms with Gasteiger partial charge in [-0.1, -0.05) is 83.6 Å². The molecule has 0 bridgehead atoms. The minimum atomic E-state index is -0.723. The maximum Gasteiger partial charge on any atom is 0.338 e. The zero-order valence-electron chi connectivity index (χ0n) is 25.2. The normalized spacial score (nSPS) is 14.5. The molecule has 0 radical (unpaired) electrons. The Balaban J connectivity index is 1.48. The molecule has 0 saturated carbocycles. The van der Waals surface area contributed by atoms with Crippen LogP contribution in [0.1, 0.15) is 35.2 Å². The van der Waals surface area contributed by atoms with Crippen molar-refractivity contribution in [2.45, 2.75) is 24.5 Å². The van der Waals surface area contributed by atoms with Gasteiger partial charge in [0.05, 0.1) is 35.6 Å². The summed E-state index contributed by atoms with van der Waals surface area (Å²) >= 11 is 13.8. The van der Waals surface area contributed by atoms with Crippen molar-refractivity contribution in [2.24, 2.45) is 4.99 Å². The standard InChI is InChI=1S/C36H27ClI2N2O4S2/c1-3-44-35(43)30-31(22-9-5-4-6-10-22)40-36-41(32(30)23-13-15-25(46-2)16-14-23)34(42)29(47-36)19-21-17-27(38)33(28(39)18-21)45-20-24-11-7-8-12-26(24)37/h4-19,32H,3,20H2,1-2H3/b29-19-/t32-/m1/s1. The summed E-state index contributed by atoms with van der Waals surface area (Å²) in [5.74, 6) is 0.254. The average molecular weight is 905 g/mol. The fourth-order valence-electron chi connectivity index (χ4n) is 5.26. The highest BCUT2D eigenvalue weighted by Crippen LogP contribution is 2.36. The molecule has 47 heavy (non-hydrogen) atoms. The molecule has 0 fully saturated rings. The Morgan fingerprint density at radius 2 is 1.70 bits per heavy atom. The number of carbonyl (C=O) groups excluding carboxylic acids is 1. The maximum atomic E-state index is 14.3. The van der Waals surface area contributed by atoms with E-state index in [4.69, 9.17) is 26.1 Å². The van der Waals surface area contributed by atoms with Gasteiger partial charge in [-0.3, -0.25) is 9.36 Å². The van der Waals surface area contributed by atoms with Crippen molar-refractivity contribution in [2.75, 3.05) is 12.9 Å². The van der Waals surface area contributed by atoms with Gasteiger partial charge in [-0.25, -0.2) is 9.79 Å². The van der Waals surface area contributed by atoms with Crippen molar-refractivity contribution in [3.63, 3.8) is 0 Å². The highest BCUT2D eigenvalue weighted by Gasteiger charge is 2.35. The van der Waals surface area contributed by atoms with E-state index in [0.29, 0.717) is 32.2 Å².